The molecule has 0 saturated carbocycles. The van der Waals surface area contributed by atoms with E-state index in [9.17, 15) is 4.79 Å². The number of para-hydroxylation sites is 1. The number of carbonyl (C=O) groups is 1. The summed E-state index contributed by atoms with van der Waals surface area (Å²) in [6.07, 6.45) is 2.88. The highest BCUT2D eigenvalue weighted by atomic mass is 16.5. The molecule has 0 aromatic heterocycles. The lowest BCUT2D eigenvalue weighted by molar-refractivity contribution is -0.128. The number of hydrogen-bond acceptors (Lipinski definition) is 3. The first kappa shape index (κ1) is 21.8. The van der Waals surface area contributed by atoms with Crippen LogP contribution in [0, 0.1) is 13.8 Å². The van der Waals surface area contributed by atoms with Crippen LogP contribution >= 0.6 is 0 Å². The highest BCUT2D eigenvalue weighted by Crippen LogP contribution is 2.23. The van der Waals surface area contributed by atoms with Gasteiger partial charge in [0.15, 0.2) is 6.10 Å². The van der Waals surface area contributed by atoms with Crippen molar-refractivity contribution < 1.29 is 14.3 Å². The third-order valence-corrected chi connectivity index (χ3v) is 4.84. The van der Waals surface area contributed by atoms with Crippen molar-refractivity contribution in [1.29, 1.82) is 0 Å². The van der Waals surface area contributed by atoms with Crippen molar-refractivity contribution >= 4 is 5.91 Å². The fourth-order valence-corrected chi connectivity index (χ4v) is 2.99. The van der Waals surface area contributed by atoms with Crippen LogP contribution in [0.4, 0.5) is 0 Å². The Morgan fingerprint density at radius 2 is 1.79 bits per heavy atom. The Balaban J connectivity index is 1.83. The normalized spacial score (nSPS) is 11.7. The Hall–Kier alpha value is -2.49. The molecule has 2 aromatic carbocycles. The maximum Gasteiger partial charge on any atom is 0.261 e. The second-order valence-electron chi connectivity index (χ2n) is 7.06. The van der Waals surface area contributed by atoms with E-state index in [1.54, 1.807) is 0 Å². The monoisotopic (exact) mass is 383 g/mol. The number of aryl methyl sites for hydroxylation is 2. The highest BCUT2D eigenvalue weighted by Gasteiger charge is 2.19. The van der Waals surface area contributed by atoms with E-state index < -0.39 is 6.10 Å². The number of ether oxygens (including phenoxy) is 2. The molecule has 0 heterocycles. The lowest BCUT2D eigenvalue weighted by atomic mass is 10.1. The van der Waals surface area contributed by atoms with Gasteiger partial charge < -0.3 is 14.8 Å². The van der Waals surface area contributed by atoms with Gasteiger partial charge in [-0.3, -0.25) is 4.79 Å². The minimum atomic E-state index is -0.472. The second kappa shape index (κ2) is 11.4. The summed E-state index contributed by atoms with van der Waals surface area (Å²) in [5.41, 5.74) is 3.43. The van der Waals surface area contributed by atoms with Gasteiger partial charge in [0.25, 0.3) is 5.91 Å². The van der Waals surface area contributed by atoms with E-state index in [1.165, 1.54) is 5.56 Å². The minimum Gasteiger partial charge on any atom is -0.493 e. The molecule has 1 N–H and O–H groups in total. The van der Waals surface area contributed by atoms with Crippen LogP contribution in [0.15, 0.2) is 42.5 Å². The largest absolute Gasteiger partial charge is 0.493 e. The van der Waals surface area contributed by atoms with Crippen LogP contribution in [0.2, 0.25) is 0 Å². The molecule has 0 unspecified atom stereocenters. The first-order chi connectivity index (χ1) is 13.6. The molecule has 0 radical (unpaired) electrons. The number of nitrogens with one attached hydrogen (secondary N) is 1. The van der Waals surface area contributed by atoms with Crippen molar-refractivity contribution in [2.24, 2.45) is 0 Å². The van der Waals surface area contributed by atoms with Gasteiger partial charge in [-0.05, 0) is 68.4 Å². The van der Waals surface area contributed by atoms with Crippen LogP contribution in [0.5, 0.6) is 11.5 Å². The van der Waals surface area contributed by atoms with Crippen molar-refractivity contribution in [2.45, 2.75) is 59.5 Å². The van der Waals surface area contributed by atoms with Gasteiger partial charge in [-0.15, -0.1) is 0 Å². The summed E-state index contributed by atoms with van der Waals surface area (Å²) >= 11 is 0. The number of amides is 1. The number of benzene rings is 2. The van der Waals surface area contributed by atoms with Crippen molar-refractivity contribution in [1.82, 2.24) is 5.32 Å². The van der Waals surface area contributed by atoms with Gasteiger partial charge in [0.05, 0.1) is 6.61 Å². The van der Waals surface area contributed by atoms with E-state index >= 15 is 0 Å². The summed E-state index contributed by atoms with van der Waals surface area (Å²) in [6, 6.07) is 14.0. The van der Waals surface area contributed by atoms with Crippen molar-refractivity contribution in [3.05, 3.63) is 59.2 Å². The molecule has 0 aliphatic heterocycles. The highest BCUT2D eigenvalue weighted by molar-refractivity contribution is 5.81. The van der Waals surface area contributed by atoms with Gasteiger partial charge in [-0.25, -0.2) is 0 Å². The molecular weight excluding hydrogens is 350 g/mol. The van der Waals surface area contributed by atoms with Crippen LogP contribution in [-0.4, -0.2) is 25.2 Å². The van der Waals surface area contributed by atoms with Crippen LogP contribution in [-0.2, 0) is 11.2 Å². The van der Waals surface area contributed by atoms with E-state index in [4.69, 9.17) is 9.47 Å². The van der Waals surface area contributed by atoms with Crippen molar-refractivity contribution in [2.75, 3.05) is 13.2 Å². The molecule has 2 aromatic rings. The molecule has 152 valence electrons. The third kappa shape index (κ3) is 6.29. The molecule has 28 heavy (non-hydrogen) atoms. The Morgan fingerprint density at radius 1 is 1.04 bits per heavy atom. The fraction of sp³-hybridized carbons (Fsp3) is 0.458. The van der Waals surface area contributed by atoms with E-state index in [2.05, 4.69) is 18.3 Å². The van der Waals surface area contributed by atoms with E-state index in [-0.39, 0.29) is 5.91 Å². The van der Waals surface area contributed by atoms with E-state index in [0.717, 1.165) is 48.5 Å². The van der Waals surface area contributed by atoms with E-state index in [1.807, 2.05) is 57.2 Å². The van der Waals surface area contributed by atoms with Gasteiger partial charge in [0.2, 0.25) is 0 Å². The Morgan fingerprint density at radius 3 is 2.54 bits per heavy atom. The van der Waals surface area contributed by atoms with Crippen LogP contribution < -0.4 is 14.8 Å². The first-order valence-corrected chi connectivity index (χ1v) is 10.3. The summed E-state index contributed by atoms with van der Waals surface area (Å²) in [4.78, 5) is 12.5. The summed E-state index contributed by atoms with van der Waals surface area (Å²) < 4.78 is 11.8. The quantitative estimate of drug-likeness (QED) is 0.556. The number of rotatable bonds is 11. The zero-order chi connectivity index (χ0) is 20.4. The molecule has 1 atom stereocenters. The number of hydrogen-bond donors (Lipinski definition) is 1. The topological polar surface area (TPSA) is 47.6 Å². The third-order valence-electron chi connectivity index (χ3n) is 4.84. The average Bonchev–Trinajstić information content (AvgIpc) is 2.71. The average molecular weight is 384 g/mol. The molecule has 4 heteroatoms. The standard InChI is InChI=1S/C24H33NO3/c1-5-17-27-23-14-8-7-12-20(23)13-10-16-25-24(26)21(6-2)28-22-15-9-11-18(3)19(22)4/h7-9,11-12,14-15,21H,5-6,10,13,16-17H2,1-4H3,(H,25,26)/t21-/m1/s1. The Labute approximate surface area is 169 Å². The second-order valence-corrected chi connectivity index (χ2v) is 7.06. The molecule has 0 aliphatic carbocycles. The first-order valence-electron chi connectivity index (χ1n) is 10.3. The van der Waals surface area contributed by atoms with E-state index in [0.29, 0.717) is 13.0 Å². The lowest BCUT2D eigenvalue weighted by Gasteiger charge is -2.19. The molecule has 0 aliphatic rings. The Kier molecular flexibility index (Phi) is 8.86. The maximum atomic E-state index is 12.5. The fourth-order valence-electron chi connectivity index (χ4n) is 2.99. The smallest absolute Gasteiger partial charge is 0.261 e. The molecule has 2 rings (SSSR count). The maximum absolute atomic E-state index is 12.5. The minimum absolute atomic E-state index is 0.0566. The predicted molar refractivity (Wildman–Crippen MR) is 114 cm³/mol. The molecular formula is C24H33NO3. The van der Waals surface area contributed by atoms with Crippen molar-refractivity contribution in [3.8, 4) is 11.5 Å². The van der Waals surface area contributed by atoms with Gasteiger partial charge >= 0.3 is 0 Å². The zero-order valence-electron chi connectivity index (χ0n) is 17.6. The zero-order valence-corrected chi connectivity index (χ0v) is 17.6. The molecule has 1 amide bonds. The summed E-state index contributed by atoms with van der Waals surface area (Å²) in [6.45, 7) is 9.48. The van der Waals surface area contributed by atoms with Crippen LogP contribution in [0.3, 0.4) is 0 Å². The molecule has 0 saturated heterocycles. The van der Waals surface area contributed by atoms with Gasteiger partial charge in [-0.1, -0.05) is 44.2 Å². The molecule has 0 bridgehead atoms. The van der Waals surface area contributed by atoms with Crippen LogP contribution in [0.1, 0.15) is 49.8 Å². The van der Waals surface area contributed by atoms with Gasteiger partial charge in [0.1, 0.15) is 11.5 Å². The van der Waals surface area contributed by atoms with Gasteiger partial charge in [0, 0.05) is 6.54 Å². The van der Waals surface area contributed by atoms with Gasteiger partial charge in [-0.2, -0.15) is 0 Å². The summed E-state index contributed by atoms with van der Waals surface area (Å²) in [7, 11) is 0. The van der Waals surface area contributed by atoms with Crippen molar-refractivity contribution in [3.63, 3.8) is 0 Å². The SMILES string of the molecule is CCCOc1ccccc1CCCNC(=O)[C@@H](CC)Oc1cccc(C)c1C. The Bertz CT molecular complexity index is 757. The summed E-state index contributed by atoms with van der Waals surface area (Å²) in [5.74, 6) is 1.67. The van der Waals surface area contributed by atoms with Crippen LogP contribution in [0.25, 0.3) is 0 Å². The molecule has 0 fully saturated rings. The summed E-state index contributed by atoms with van der Waals surface area (Å²) in [5, 5.41) is 3.02. The number of carbonyl (C=O) groups excluding carboxylic acids is 1. The lowest BCUT2D eigenvalue weighted by Crippen LogP contribution is -2.38. The molecule has 0 spiro atoms. The predicted octanol–water partition coefficient (Wildman–Crippen LogP) is 5.00. The molecule has 4 nitrogen and oxygen atoms in total.